The van der Waals surface area contributed by atoms with Crippen molar-refractivity contribution in [2.45, 2.75) is 6.42 Å². The second kappa shape index (κ2) is 5.56. The average molecular weight is 232 g/mol. The Hall–Kier alpha value is -1.29. The third kappa shape index (κ3) is 3.75. The van der Waals surface area contributed by atoms with E-state index in [-0.39, 0.29) is 12.4 Å². The highest BCUT2D eigenvalue weighted by Gasteiger charge is 2.03. The molecule has 0 spiro atoms. The molecular weight excluding hydrogens is 221 g/mol. The molecule has 0 aromatic heterocycles. The zero-order valence-corrected chi connectivity index (χ0v) is 8.97. The number of carbonyl (C=O) groups excluding carboxylic acids is 1. The maximum Gasteiger partial charge on any atom is 0.307 e. The van der Waals surface area contributed by atoms with E-state index in [1.54, 1.807) is 0 Å². The highest BCUT2D eigenvalue weighted by atomic mass is 35.5. The van der Waals surface area contributed by atoms with Gasteiger partial charge in [0.2, 0.25) is 0 Å². The Bertz CT molecular complexity index is 357. The first-order valence-electron chi connectivity index (χ1n) is 4.39. The molecule has 1 aromatic rings. The fourth-order valence-corrected chi connectivity index (χ4v) is 1.27. The van der Waals surface area contributed by atoms with Crippen LogP contribution in [0.25, 0.3) is 0 Å². The Kier molecular flexibility index (Phi) is 4.37. The van der Waals surface area contributed by atoms with Gasteiger partial charge in [0.15, 0.2) is 0 Å². The molecule has 1 N–H and O–H groups in total. The lowest BCUT2D eigenvalue weighted by molar-refractivity contribution is -0.140. The molecule has 0 heterocycles. The number of hydrogen-bond acceptors (Lipinski definition) is 3. The Morgan fingerprint density at radius 1 is 1.60 bits per heavy atom. The molecule has 0 aliphatic rings. The van der Waals surface area contributed by atoms with Crippen molar-refractivity contribution >= 4 is 23.3 Å². The van der Waals surface area contributed by atoms with Crippen LogP contribution in [0.2, 0.25) is 5.02 Å². The molecule has 1 aromatic carbocycles. The van der Waals surface area contributed by atoms with Crippen molar-refractivity contribution in [3.05, 3.63) is 29.0 Å². The van der Waals surface area contributed by atoms with Crippen LogP contribution in [0.3, 0.4) is 0 Å². The smallest absolute Gasteiger partial charge is 0.307 e. The predicted molar refractivity (Wildman–Crippen MR) is 56.5 cm³/mol. The van der Waals surface area contributed by atoms with E-state index in [2.05, 4.69) is 10.1 Å². The first-order valence-corrected chi connectivity index (χ1v) is 4.77. The largest absolute Gasteiger partial charge is 0.469 e. The van der Waals surface area contributed by atoms with Crippen LogP contribution in [-0.2, 0) is 9.53 Å². The van der Waals surface area contributed by atoms with E-state index < -0.39 is 5.82 Å². The van der Waals surface area contributed by atoms with Gasteiger partial charge in [0.25, 0.3) is 0 Å². The average Bonchev–Trinajstić information content (AvgIpc) is 2.21. The lowest BCUT2D eigenvalue weighted by atomic mass is 10.3. The van der Waals surface area contributed by atoms with E-state index in [9.17, 15) is 9.18 Å². The quantitative estimate of drug-likeness (QED) is 0.809. The standard InChI is InChI=1S/C10H11ClFNO2/c1-15-10(14)4-5-13-9-3-2-7(12)6-8(9)11/h2-3,6,13H,4-5H2,1H3. The van der Waals surface area contributed by atoms with Gasteiger partial charge in [-0.2, -0.15) is 0 Å². The fourth-order valence-electron chi connectivity index (χ4n) is 1.03. The van der Waals surface area contributed by atoms with E-state index in [4.69, 9.17) is 11.6 Å². The Morgan fingerprint density at radius 3 is 2.93 bits per heavy atom. The van der Waals surface area contributed by atoms with Gasteiger partial charge in [-0.25, -0.2) is 4.39 Å². The molecule has 0 unspecified atom stereocenters. The van der Waals surface area contributed by atoms with Gasteiger partial charge in [-0.05, 0) is 18.2 Å². The Balaban J connectivity index is 2.47. The predicted octanol–water partition coefficient (Wildman–Crippen LogP) is 2.45. The lowest BCUT2D eigenvalue weighted by Gasteiger charge is -2.07. The summed E-state index contributed by atoms with van der Waals surface area (Å²) in [5, 5.41) is 3.20. The summed E-state index contributed by atoms with van der Waals surface area (Å²) in [6.45, 7) is 0.401. The minimum Gasteiger partial charge on any atom is -0.469 e. The number of halogens is 2. The molecule has 0 atom stereocenters. The van der Waals surface area contributed by atoms with E-state index in [0.29, 0.717) is 17.3 Å². The summed E-state index contributed by atoms with van der Waals surface area (Å²) >= 11 is 5.76. The topological polar surface area (TPSA) is 38.3 Å². The van der Waals surface area contributed by atoms with Crippen molar-refractivity contribution in [3.63, 3.8) is 0 Å². The van der Waals surface area contributed by atoms with Gasteiger partial charge in [-0.15, -0.1) is 0 Å². The number of benzene rings is 1. The zero-order valence-electron chi connectivity index (χ0n) is 8.22. The van der Waals surface area contributed by atoms with E-state index in [0.717, 1.165) is 0 Å². The van der Waals surface area contributed by atoms with E-state index in [1.807, 2.05) is 0 Å². The van der Waals surface area contributed by atoms with Crippen molar-refractivity contribution < 1.29 is 13.9 Å². The Morgan fingerprint density at radius 2 is 2.33 bits per heavy atom. The number of rotatable bonds is 4. The maximum atomic E-state index is 12.7. The third-order valence-corrected chi connectivity index (χ3v) is 2.12. The number of methoxy groups -OCH3 is 1. The highest BCUT2D eigenvalue weighted by Crippen LogP contribution is 2.22. The van der Waals surface area contributed by atoms with Crippen molar-refractivity contribution in [2.75, 3.05) is 19.0 Å². The summed E-state index contributed by atoms with van der Waals surface area (Å²) in [6, 6.07) is 4.03. The SMILES string of the molecule is COC(=O)CCNc1ccc(F)cc1Cl. The van der Waals surface area contributed by atoms with Gasteiger partial charge in [0.1, 0.15) is 5.82 Å². The molecule has 3 nitrogen and oxygen atoms in total. The molecule has 0 aliphatic carbocycles. The van der Waals surface area contributed by atoms with Crippen LogP contribution in [0, 0.1) is 5.82 Å². The molecule has 0 bridgehead atoms. The van der Waals surface area contributed by atoms with Crippen molar-refractivity contribution in [3.8, 4) is 0 Å². The zero-order chi connectivity index (χ0) is 11.3. The molecule has 0 saturated heterocycles. The number of carbonyl (C=O) groups is 1. The molecule has 0 saturated carbocycles. The van der Waals surface area contributed by atoms with Crippen LogP contribution in [0.4, 0.5) is 10.1 Å². The summed E-state index contributed by atoms with van der Waals surface area (Å²) in [7, 11) is 1.33. The van der Waals surface area contributed by atoms with Crippen molar-refractivity contribution in [2.24, 2.45) is 0 Å². The van der Waals surface area contributed by atoms with Crippen molar-refractivity contribution in [1.29, 1.82) is 0 Å². The molecule has 0 fully saturated rings. The molecule has 1 rings (SSSR count). The second-order valence-corrected chi connectivity index (χ2v) is 3.28. The number of esters is 1. The third-order valence-electron chi connectivity index (χ3n) is 1.80. The molecule has 0 amide bonds. The number of ether oxygens (including phenoxy) is 1. The van der Waals surface area contributed by atoms with E-state index in [1.165, 1.54) is 25.3 Å². The molecule has 0 aliphatic heterocycles. The van der Waals surface area contributed by atoms with Crippen molar-refractivity contribution in [1.82, 2.24) is 0 Å². The Labute approximate surface area is 92.2 Å². The molecule has 5 heteroatoms. The van der Waals surface area contributed by atoms with Crippen LogP contribution in [0.15, 0.2) is 18.2 Å². The first kappa shape index (κ1) is 11.8. The molecule has 15 heavy (non-hydrogen) atoms. The fraction of sp³-hybridized carbons (Fsp3) is 0.300. The monoisotopic (exact) mass is 231 g/mol. The van der Waals surface area contributed by atoms with Crippen LogP contribution in [-0.4, -0.2) is 19.6 Å². The molecular formula is C10H11ClFNO2. The summed E-state index contributed by atoms with van der Waals surface area (Å²) in [5.74, 6) is -0.695. The highest BCUT2D eigenvalue weighted by molar-refractivity contribution is 6.33. The number of hydrogen-bond donors (Lipinski definition) is 1. The normalized spacial score (nSPS) is 9.80. The lowest BCUT2D eigenvalue weighted by Crippen LogP contribution is -2.09. The van der Waals surface area contributed by atoms with Gasteiger partial charge < -0.3 is 10.1 Å². The summed E-state index contributed by atoms with van der Waals surface area (Å²) in [6.07, 6.45) is 0.240. The summed E-state index contributed by atoms with van der Waals surface area (Å²) in [5.41, 5.74) is 0.599. The first-order chi connectivity index (χ1) is 7.13. The molecule has 0 radical (unpaired) electrons. The number of nitrogens with one attached hydrogen (secondary N) is 1. The van der Waals surface area contributed by atoms with Crippen LogP contribution in [0.1, 0.15) is 6.42 Å². The van der Waals surface area contributed by atoms with Gasteiger partial charge in [0, 0.05) is 6.54 Å². The maximum absolute atomic E-state index is 12.7. The van der Waals surface area contributed by atoms with E-state index >= 15 is 0 Å². The minimum atomic E-state index is -0.390. The molecule has 82 valence electrons. The van der Waals surface area contributed by atoms with Gasteiger partial charge in [-0.3, -0.25) is 4.79 Å². The minimum absolute atomic E-state index is 0.240. The van der Waals surface area contributed by atoms with Gasteiger partial charge >= 0.3 is 5.97 Å². The van der Waals surface area contributed by atoms with Crippen LogP contribution < -0.4 is 5.32 Å². The van der Waals surface area contributed by atoms with Gasteiger partial charge in [-0.1, -0.05) is 11.6 Å². The number of anilines is 1. The summed E-state index contributed by atoms with van der Waals surface area (Å²) in [4.78, 5) is 10.8. The van der Waals surface area contributed by atoms with Crippen LogP contribution >= 0.6 is 11.6 Å². The van der Waals surface area contributed by atoms with Crippen LogP contribution in [0.5, 0.6) is 0 Å². The summed E-state index contributed by atoms with van der Waals surface area (Å²) < 4.78 is 17.1. The second-order valence-electron chi connectivity index (χ2n) is 2.88. The van der Waals surface area contributed by atoms with Gasteiger partial charge in [0.05, 0.1) is 24.2 Å².